The van der Waals surface area contributed by atoms with Crippen LogP contribution < -0.4 is 0 Å². The van der Waals surface area contributed by atoms with E-state index in [-0.39, 0.29) is 12.0 Å². The van der Waals surface area contributed by atoms with Crippen molar-refractivity contribution in [1.82, 2.24) is 0 Å². The number of ether oxygens (including phenoxy) is 1. The number of Topliss-reactive ketones (excluding diaryl/α,β-unsaturated/α-hetero) is 1. The van der Waals surface area contributed by atoms with E-state index in [9.17, 15) is 4.79 Å². The highest BCUT2D eigenvalue weighted by atomic mass is 32.1. The second-order valence-corrected chi connectivity index (χ2v) is 3.71. The maximum Gasteiger partial charge on any atom is 0.138 e. The molecule has 2 nitrogen and oxygen atoms in total. The molecular formula is C8H12O2S. The van der Waals surface area contributed by atoms with Crippen LogP contribution in [0.25, 0.3) is 0 Å². The van der Waals surface area contributed by atoms with Gasteiger partial charge in [-0.25, -0.2) is 0 Å². The molecule has 0 aliphatic heterocycles. The van der Waals surface area contributed by atoms with Crippen molar-refractivity contribution in [1.29, 1.82) is 0 Å². The van der Waals surface area contributed by atoms with Gasteiger partial charge in [0.25, 0.3) is 0 Å². The largest absolute Gasteiger partial charge is 0.367 e. The summed E-state index contributed by atoms with van der Waals surface area (Å²) in [5.41, 5.74) is 0. The first-order valence-corrected chi connectivity index (χ1v) is 4.69. The molecule has 2 bridgehead atoms. The smallest absolute Gasteiger partial charge is 0.138 e. The Balaban J connectivity index is 2.01. The third-order valence-corrected chi connectivity index (χ3v) is 2.94. The molecule has 2 rings (SSSR count). The van der Waals surface area contributed by atoms with Crippen molar-refractivity contribution in [2.45, 2.75) is 25.4 Å². The summed E-state index contributed by atoms with van der Waals surface area (Å²) in [6.07, 6.45) is 3.14. The molecule has 0 saturated heterocycles. The van der Waals surface area contributed by atoms with Gasteiger partial charge < -0.3 is 4.74 Å². The summed E-state index contributed by atoms with van der Waals surface area (Å²) in [5, 5.41) is 0. The van der Waals surface area contributed by atoms with Crippen molar-refractivity contribution in [2.75, 3.05) is 5.94 Å². The molecule has 0 N–H and O–H groups in total. The summed E-state index contributed by atoms with van der Waals surface area (Å²) >= 11 is 3.99. The van der Waals surface area contributed by atoms with Crippen LogP contribution in [0, 0.1) is 11.8 Å². The first-order valence-electron chi connectivity index (χ1n) is 4.06. The first-order chi connectivity index (χ1) is 5.31. The average Bonchev–Trinajstić information content (AvgIpc) is 2.46. The van der Waals surface area contributed by atoms with E-state index in [0.717, 1.165) is 19.3 Å². The molecule has 62 valence electrons. The average molecular weight is 172 g/mol. The maximum absolute atomic E-state index is 11.2. The lowest BCUT2D eigenvalue weighted by Gasteiger charge is -2.19. The van der Waals surface area contributed by atoms with Crippen LogP contribution in [0.4, 0.5) is 0 Å². The van der Waals surface area contributed by atoms with E-state index in [2.05, 4.69) is 12.6 Å². The van der Waals surface area contributed by atoms with Gasteiger partial charge in [0, 0.05) is 12.3 Å². The summed E-state index contributed by atoms with van der Waals surface area (Å²) in [7, 11) is 0. The number of carbonyl (C=O) groups excluding carboxylic acids is 1. The standard InChI is InChI=1S/C8H12O2S/c9-7-2-5-1-6(7)8(3-5)10-4-11/h5-6,8,11H,1-4H2. The van der Waals surface area contributed by atoms with Gasteiger partial charge in [-0.1, -0.05) is 0 Å². The Labute approximate surface area is 71.7 Å². The fourth-order valence-electron chi connectivity index (χ4n) is 2.32. The molecule has 0 radical (unpaired) electrons. The van der Waals surface area contributed by atoms with Crippen molar-refractivity contribution in [2.24, 2.45) is 11.8 Å². The van der Waals surface area contributed by atoms with Gasteiger partial charge in [0.05, 0.1) is 12.0 Å². The lowest BCUT2D eigenvalue weighted by Crippen LogP contribution is -2.26. The summed E-state index contributed by atoms with van der Waals surface area (Å²) < 4.78 is 5.35. The lowest BCUT2D eigenvalue weighted by atomic mass is 9.96. The summed E-state index contributed by atoms with van der Waals surface area (Å²) in [6.45, 7) is 0. The minimum Gasteiger partial charge on any atom is -0.367 e. The van der Waals surface area contributed by atoms with E-state index in [0.29, 0.717) is 17.6 Å². The fourth-order valence-corrected chi connectivity index (χ4v) is 2.51. The number of carbonyl (C=O) groups is 1. The highest BCUT2D eigenvalue weighted by Crippen LogP contribution is 2.43. The Morgan fingerprint density at radius 3 is 2.91 bits per heavy atom. The Morgan fingerprint density at radius 1 is 1.55 bits per heavy atom. The molecule has 2 fully saturated rings. The predicted molar refractivity (Wildman–Crippen MR) is 44.6 cm³/mol. The van der Waals surface area contributed by atoms with Crippen LogP contribution in [0.5, 0.6) is 0 Å². The molecule has 2 aliphatic carbocycles. The highest BCUT2D eigenvalue weighted by Gasteiger charge is 2.45. The van der Waals surface area contributed by atoms with Crippen LogP contribution in [-0.4, -0.2) is 17.8 Å². The zero-order valence-electron chi connectivity index (χ0n) is 6.32. The van der Waals surface area contributed by atoms with E-state index in [4.69, 9.17) is 4.74 Å². The third-order valence-electron chi connectivity index (χ3n) is 2.79. The van der Waals surface area contributed by atoms with Crippen LogP contribution >= 0.6 is 12.6 Å². The van der Waals surface area contributed by atoms with E-state index in [1.165, 1.54) is 0 Å². The Kier molecular flexibility index (Phi) is 1.93. The Hall–Kier alpha value is -0.0200. The van der Waals surface area contributed by atoms with Crippen molar-refractivity contribution >= 4 is 18.4 Å². The molecule has 0 aromatic rings. The molecule has 0 aromatic carbocycles. The van der Waals surface area contributed by atoms with Crippen LogP contribution in [0.15, 0.2) is 0 Å². The van der Waals surface area contributed by atoms with Gasteiger partial charge >= 0.3 is 0 Å². The summed E-state index contributed by atoms with van der Waals surface area (Å²) in [4.78, 5) is 11.2. The van der Waals surface area contributed by atoms with E-state index in [1.54, 1.807) is 0 Å². The van der Waals surface area contributed by atoms with E-state index in [1.807, 2.05) is 0 Å². The molecule has 2 saturated carbocycles. The zero-order chi connectivity index (χ0) is 7.84. The molecular weight excluding hydrogens is 160 g/mol. The quantitative estimate of drug-likeness (QED) is 0.501. The normalized spacial score (nSPS) is 41.9. The molecule has 0 amide bonds. The number of hydrogen-bond donors (Lipinski definition) is 1. The van der Waals surface area contributed by atoms with Crippen molar-refractivity contribution in [3.05, 3.63) is 0 Å². The van der Waals surface area contributed by atoms with Crippen molar-refractivity contribution in [3.63, 3.8) is 0 Å². The second kappa shape index (κ2) is 2.79. The van der Waals surface area contributed by atoms with Crippen molar-refractivity contribution in [3.8, 4) is 0 Å². The molecule has 3 heteroatoms. The second-order valence-electron chi connectivity index (χ2n) is 3.45. The lowest BCUT2D eigenvalue weighted by molar-refractivity contribution is -0.126. The highest BCUT2D eigenvalue weighted by molar-refractivity contribution is 7.80. The van der Waals surface area contributed by atoms with Gasteiger partial charge in [0.15, 0.2) is 0 Å². The van der Waals surface area contributed by atoms with Crippen molar-refractivity contribution < 1.29 is 9.53 Å². The maximum atomic E-state index is 11.2. The summed E-state index contributed by atoms with van der Waals surface area (Å²) in [5.74, 6) is 1.69. The minimum absolute atomic E-state index is 0.193. The van der Waals surface area contributed by atoms with Crippen LogP contribution in [0.3, 0.4) is 0 Å². The molecule has 0 spiro atoms. The van der Waals surface area contributed by atoms with Gasteiger partial charge in [-0.05, 0) is 18.8 Å². The van der Waals surface area contributed by atoms with E-state index < -0.39 is 0 Å². The number of fused-ring (bicyclic) bond motifs is 2. The third kappa shape index (κ3) is 1.20. The first kappa shape index (κ1) is 7.62. The van der Waals surface area contributed by atoms with Gasteiger partial charge in [0.2, 0.25) is 0 Å². The van der Waals surface area contributed by atoms with E-state index >= 15 is 0 Å². The zero-order valence-corrected chi connectivity index (χ0v) is 7.22. The van der Waals surface area contributed by atoms with Gasteiger partial charge in [-0.2, -0.15) is 12.6 Å². The number of thiol groups is 1. The Bertz CT molecular complexity index is 181. The number of rotatable bonds is 2. The molecule has 0 aromatic heterocycles. The molecule has 3 unspecified atom stereocenters. The Morgan fingerprint density at radius 2 is 2.36 bits per heavy atom. The predicted octanol–water partition coefficient (Wildman–Crippen LogP) is 1.26. The molecule has 11 heavy (non-hydrogen) atoms. The summed E-state index contributed by atoms with van der Waals surface area (Å²) in [6, 6.07) is 0. The number of hydrogen-bond acceptors (Lipinski definition) is 3. The van der Waals surface area contributed by atoms with Gasteiger partial charge in [-0.15, -0.1) is 0 Å². The van der Waals surface area contributed by atoms with Gasteiger partial charge in [0.1, 0.15) is 5.78 Å². The molecule has 3 atom stereocenters. The fraction of sp³-hybridized carbons (Fsp3) is 0.875. The SMILES string of the molecule is O=C1CC2CC(OCS)C1C2. The molecule has 2 aliphatic rings. The van der Waals surface area contributed by atoms with Crippen LogP contribution in [-0.2, 0) is 9.53 Å². The number of ketones is 1. The minimum atomic E-state index is 0.193. The van der Waals surface area contributed by atoms with Crippen LogP contribution in [0.1, 0.15) is 19.3 Å². The topological polar surface area (TPSA) is 26.3 Å². The van der Waals surface area contributed by atoms with Gasteiger partial charge in [-0.3, -0.25) is 4.79 Å². The molecule has 0 heterocycles. The monoisotopic (exact) mass is 172 g/mol. The van der Waals surface area contributed by atoms with Crippen LogP contribution in [0.2, 0.25) is 0 Å².